The van der Waals surface area contributed by atoms with E-state index in [4.69, 9.17) is 10.1 Å². The van der Waals surface area contributed by atoms with E-state index in [1.54, 1.807) is 12.1 Å². The van der Waals surface area contributed by atoms with Crippen LogP contribution in [-0.2, 0) is 6.42 Å². The first-order valence-corrected chi connectivity index (χ1v) is 7.97. The molecule has 2 N–H and O–H groups in total. The molecule has 0 amide bonds. The van der Waals surface area contributed by atoms with Gasteiger partial charge in [-0.05, 0) is 44.8 Å². The van der Waals surface area contributed by atoms with Gasteiger partial charge in [-0.15, -0.1) is 0 Å². The van der Waals surface area contributed by atoms with Gasteiger partial charge < -0.3 is 15.3 Å². The van der Waals surface area contributed by atoms with E-state index in [9.17, 15) is 10.4 Å². The van der Waals surface area contributed by atoms with Crippen molar-refractivity contribution in [2.24, 2.45) is 5.92 Å². The molecule has 0 aliphatic heterocycles. The van der Waals surface area contributed by atoms with Crippen molar-refractivity contribution in [1.82, 2.24) is 0 Å². The first-order chi connectivity index (χ1) is 11.1. The number of rotatable bonds is 2. The second kappa shape index (κ2) is 6.05. The fraction of sp³-hybridized carbons (Fsp3) is 0.222. The third-order valence-corrected chi connectivity index (χ3v) is 4.85. The summed E-state index contributed by atoms with van der Waals surface area (Å²) in [5, 5.41) is 27.8. The van der Waals surface area contributed by atoms with Crippen molar-refractivity contribution >= 4 is 21.6 Å². The molecule has 0 aromatic heterocycles. The van der Waals surface area contributed by atoms with Gasteiger partial charge in [0, 0.05) is 18.1 Å². The van der Waals surface area contributed by atoms with Crippen LogP contribution in [-0.4, -0.2) is 17.9 Å². The van der Waals surface area contributed by atoms with E-state index in [1.807, 2.05) is 24.3 Å². The monoisotopic (exact) mass is 370 g/mol. The minimum absolute atomic E-state index is 0.0314. The number of benzene rings is 2. The van der Waals surface area contributed by atoms with Crippen LogP contribution in [0.1, 0.15) is 22.6 Å². The molecule has 1 aliphatic carbocycles. The van der Waals surface area contributed by atoms with Crippen LogP contribution < -0.4 is 4.74 Å². The summed E-state index contributed by atoms with van der Waals surface area (Å²) in [7, 11) is 1.49. The zero-order valence-corrected chi connectivity index (χ0v) is 14.1. The Morgan fingerprint density at radius 2 is 2.09 bits per heavy atom. The number of hydrogen-bond donors (Lipinski definition) is 2. The van der Waals surface area contributed by atoms with Gasteiger partial charge in [0.15, 0.2) is 11.5 Å². The highest BCUT2D eigenvalue weighted by molar-refractivity contribution is 9.10. The molecule has 0 bridgehead atoms. The predicted octanol–water partition coefficient (Wildman–Crippen LogP) is 4.01. The van der Waals surface area contributed by atoms with Crippen molar-refractivity contribution in [1.29, 1.82) is 10.7 Å². The molecule has 0 saturated carbocycles. The summed E-state index contributed by atoms with van der Waals surface area (Å²) in [5.74, 6) is -0.390. The molecule has 3 rings (SSSR count). The van der Waals surface area contributed by atoms with Crippen LogP contribution in [0.3, 0.4) is 0 Å². The van der Waals surface area contributed by atoms with Crippen molar-refractivity contribution in [3.05, 3.63) is 57.6 Å². The number of phenolic OH excluding ortho intramolecular Hbond substituents is 1. The van der Waals surface area contributed by atoms with Crippen LogP contribution in [0.25, 0.3) is 0 Å². The Bertz CT molecular complexity index is 826. The van der Waals surface area contributed by atoms with Gasteiger partial charge in [0.05, 0.1) is 23.6 Å². The maximum absolute atomic E-state index is 10.0. The maximum Gasteiger partial charge on any atom is 0.172 e. The Kier molecular flexibility index (Phi) is 4.10. The molecule has 0 radical (unpaired) electrons. The summed E-state index contributed by atoms with van der Waals surface area (Å²) in [4.78, 5) is 0. The summed E-state index contributed by atoms with van der Waals surface area (Å²) >= 11 is 3.33. The number of phenols is 1. The summed E-state index contributed by atoms with van der Waals surface area (Å²) in [6.45, 7) is 0. The minimum atomic E-state index is -0.522. The quantitative estimate of drug-likeness (QED) is 0.837. The smallest absolute Gasteiger partial charge is 0.172 e. The van der Waals surface area contributed by atoms with Crippen LogP contribution in [0.5, 0.6) is 11.5 Å². The molecule has 4 nitrogen and oxygen atoms in total. The van der Waals surface area contributed by atoms with Crippen molar-refractivity contribution in [3.63, 3.8) is 0 Å². The first-order valence-electron chi connectivity index (χ1n) is 7.18. The number of methoxy groups -OCH3 is 1. The number of ether oxygens (including phenoxy) is 1. The molecule has 2 aromatic carbocycles. The lowest BCUT2D eigenvalue weighted by Crippen LogP contribution is -2.29. The topological polar surface area (TPSA) is 77.1 Å². The number of halogens is 1. The third kappa shape index (κ3) is 2.60. The van der Waals surface area contributed by atoms with E-state index >= 15 is 0 Å². The van der Waals surface area contributed by atoms with Gasteiger partial charge in [0.2, 0.25) is 0 Å². The Balaban J connectivity index is 2.22. The van der Waals surface area contributed by atoms with Crippen LogP contribution in [0.4, 0.5) is 0 Å². The lowest BCUT2D eigenvalue weighted by atomic mass is 9.71. The normalized spacial score (nSPS) is 19.8. The van der Waals surface area contributed by atoms with Crippen molar-refractivity contribution < 1.29 is 9.84 Å². The molecule has 2 atom stereocenters. The fourth-order valence-electron chi connectivity index (χ4n) is 3.15. The molecular formula is C18H15BrN2O2. The predicted molar refractivity (Wildman–Crippen MR) is 91.2 cm³/mol. The van der Waals surface area contributed by atoms with Gasteiger partial charge in [-0.2, -0.15) is 5.26 Å². The number of nitrogens with zero attached hydrogens (tertiary/aromatic N) is 1. The van der Waals surface area contributed by atoms with E-state index in [2.05, 4.69) is 22.0 Å². The zero-order chi connectivity index (χ0) is 16.6. The maximum atomic E-state index is 10.0. The molecule has 2 unspecified atom stereocenters. The van der Waals surface area contributed by atoms with E-state index in [0.717, 1.165) is 16.7 Å². The third-order valence-electron chi connectivity index (χ3n) is 4.25. The van der Waals surface area contributed by atoms with E-state index < -0.39 is 5.92 Å². The minimum Gasteiger partial charge on any atom is -0.503 e. The van der Waals surface area contributed by atoms with Gasteiger partial charge >= 0.3 is 0 Å². The molecule has 23 heavy (non-hydrogen) atoms. The average Bonchev–Trinajstić information content (AvgIpc) is 2.56. The molecular weight excluding hydrogens is 356 g/mol. The highest BCUT2D eigenvalue weighted by Crippen LogP contribution is 2.44. The average molecular weight is 371 g/mol. The van der Waals surface area contributed by atoms with Crippen LogP contribution >= 0.6 is 15.9 Å². The highest BCUT2D eigenvalue weighted by Gasteiger charge is 2.35. The number of aromatic hydroxyl groups is 1. The highest BCUT2D eigenvalue weighted by atomic mass is 79.9. The molecule has 116 valence electrons. The summed E-state index contributed by atoms with van der Waals surface area (Å²) in [6.07, 6.45) is 0.501. The second-order valence-corrected chi connectivity index (χ2v) is 6.39. The first kappa shape index (κ1) is 15.6. The number of fused-ring (bicyclic) bond motifs is 1. The molecule has 0 fully saturated rings. The number of nitrogens with one attached hydrogen (secondary N) is 1. The van der Waals surface area contributed by atoms with Gasteiger partial charge in [-0.3, -0.25) is 0 Å². The van der Waals surface area contributed by atoms with Gasteiger partial charge in [0.25, 0.3) is 0 Å². The van der Waals surface area contributed by atoms with E-state index in [0.29, 0.717) is 22.4 Å². The molecule has 2 aromatic rings. The van der Waals surface area contributed by atoms with E-state index in [-0.39, 0.29) is 11.7 Å². The molecule has 0 heterocycles. The van der Waals surface area contributed by atoms with Crippen LogP contribution in [0.15, 0.2) is 40.9 Å². The van der Waals surface area contributed by atoms with Crippen LogP contribution in [0.2, 0.25) is 0 Å². The molecule has 0 spiro atoms. The Hall–Kier alpha value is -2.32. The molecule has 1 aliphatic rings. The largest absolute Gasteiger partial charge is 0.503 e. The lowest BCUT2D eigenvalue weighted by Gasteiger charge is -2.31. The lowest BCUT2D eigenvalue weighted by molar-refractivity contribution is 0.371. The molecule has 0 saturated heterocycles. The zero-order valence-electron chi connectivity index (χ0n) is 12.5. The summed E-state index contributed by atoms with van der Waals surface area (Å²) < 4.78 is 5.74. The Morgan fingerprint density at radius 1 is 1.35 bits per heavy atom. The summed E-state index contributed by atoms with van der Waals surface area (Å²) in [5.41, 5.74) is 3.38. The summed E-state index contributed by atoms with van der Waals surface area (Å²) in [6, 6.07) is 13.7. The Morgan fingerprint density at radius 3 is 2.78 bits per heavy atom. The molecule has 5 heteroatoms. The number of nitriles is 1. The van der Waals surface area contributed by atoms with Crippen LogP contribution in [0, 0.1) is 22.7 Å². The van der Waals surface area contributed by atoms with Gasteiger partial charge in [0.1, 0.15) is 0 Å². The van der Waals surface area contributed by atoms with Gasteiger partial charge in [-0.1, -0.05) is 24.3 Å². The fourth-order valence-corrected chi connectivity index (χ4v) is 3.61. The van der Waals surface area contributed by atoms with Crippen molar-refractivity contribution in [3.8, 4) is 17.6 Å². The van der Waals surface area contributed by atoms with Crippen molar-refractivity contribution in [2.45, 2.75) is 12.3 Å². The SMILES string of the molecule is COc1cc(C2c3ccccc3CC(=N)C2C#N)cc(Br)c1O. The number of hydrogen-bond acceptors (Lipinski definition) is 4. The second-order valence-electron chi connectivity index (χ2n) is 5.54. The Labute approximate surface area is 143 Å². The van der Waals surface area contributed by atoms with Crippen molar-refractivity contribution in [2.75, 3.05) is 7.11 Å². The van der Waals surface area contributed by atoms with Gasteiger partial charge in [-0.25, -0.2) is 0 Å². The van der Waals surface area contributed by atoms with E-state index in [1.165, 1.54) is 7.11 Å². The standard InChI is InChI=1S/C18H15BrN2O2/c1-23-16-8-11(6-14(19)18(16)22)17-12-5-3-2-4-10(12)7-15(21)13(17)9-20/h2-6,8,13,17,21-22H,7H2,1H3.